The summed E-state index contributed by atoms with van der Waals surface area (Å²) in [5, 5.41) is 5.80. The second-order valence-corrected chi connectivity index (χ2v) is 5.37. The summed E-state index contributed by atoms with van der Waals surface area (Å²) in [6, 6.07) is 10.7. The van der Waals surface area contributed by atoms with Gasteiger partial charge in [0.05, 0.1) is 11.9 Å². The van der Waals surface area contributed by atoms with Crippen molar-refractivity contribution in [1.82, 2.24) is 15.0 Å². The monoisotopic (exact) mass is 335 g/mol. The van der Waals surface area contributed by atoms with Gasteiger partial charge in [-0.05, 0) is 50.2 Å². The third-order valence-electron chi connectivity index (χ3n) is 3.27. The molecule has 3 aromatic rings. The molecule has 0 aromatic carbocycles. The summed E-state index contributed by atoms with van der Waals surface area (Å²) in [6.45, 7) is 3.67. The third-order valence-corrected chi connectivity index (χ3v) is 3.27. The van der Waals surface area contributed by atoms with E-state index in [0.29, 0.717) is 11.4 Å². The number of nitrogens with zero attached hydrogens (tertiary/aromatic N) is 3. The number of anilines is 3. The molecular formula is C18H17N5O2. The summed E-state index contributed by atoms with van der Waals surface area (Å²) < 4.78 is 5.38. The first-order valence-corrected chi connectivity index (χ1v) is 7.66. The Morgan fingerprint density at radius 1 is 1.04 bits per heavy atom. The molecule has 2 N–H and O–H groups in total. The van der Waals surface area contributed by atoms with Gasteiger partial charge in [0.1, 0.15) is 5.69 Å². The largest absolute Gasteiger partial charge is 0.418 e. The zero-order valence-corrected chi connectivity index (χ0v) is 13.9. The maximum atomic E-state index is 12.2. The van der Waals surface area contributed by atoms with Crippen LogP contribution in [0.5, 0.6) is 5.88 Å². The van der Waals surface area contributed by atoms with Crippen molar-refractivity contribution in [3.63, 3.8) is 0 Å². The van der Waals surface area contributed by atoms with Gasteiger partial charge in [-0.15, -0.1) is 0 Å². The molecule has 126 valence electrons. The van der Waals surface area contributed by atoms with Crippen LogP contribution < -0.4 is 15.4 Å². The standard InChI is InChI=1S/C18H17N5O2/c1-12-5-6-16(22-15-4-3-8-19-11-15)17(21-12)25-18(24)23-14-7-9-20-13(2)10-14/h3-11,22H,1-2H3,(H,20,23,24). The van der Waals surface area contributed by atoms with Crippen molar-refractivity contribution in [2.75, 3.05) is 10.6 Å². The number of aromatic nitrogens is 3. The SMILES string of the molecule is Cc1cc(NC(=O)Oc2nc(C)ccc2Nc2cccnc2)ccn1. The normalized spacial score (nSPS) is 10.2. The molecule has 0 radical (unpaired) electrons. The van der Waals surface area contributed by atoms with Gasteiger partial charge in [-0.1, -0.05) is 0 Å². The highest BCUT2D eigenvalue weighted by Gasteiger charge is 2.12. The van der Waals surface area contributed by atoms with E-state index in [-0.39, 0.29) is 5.88 Å². The smallest absolute Gasteiger partial charge is 0.389 e. The van der Waals surface area contributed by atoms with Gasteiger partial charge in [0.25, 0.3) is 0 Å². The average Bonchev–Trinajstić information content (AvgIpc) is 2.58. The maximum Gasteiger partial charge on any atom is 0.418 e. The minimum absolute atomic E-state index is 0.187. The van der Waals surface area contributed by atoms with Crippen LogP contribution in [0, 0.1) is 13.8 Å². The molecule has 0 atom stereocenters. The van der Waals surface area contributed by atoms with E-state index in [4.69, 9.17) is 4.74 Å². The lowest BCUT2D eigenvalue weighted by molar-refractivity contribution is 0.213. The van der Waals surface area contributed by atoms with E-state index in [1.807, 2.05) is 32.0 Å². The van der Waals surface area contributed by atoms with E-state index in [9.17, 15) is 4.79 Å². The lowest BCUT2D eigenvalue weighted by atomic mass is 10.3. The van der Waals surface area contributed by atoms with Crippen molar-refractivity contribution >= 4 is 23.2 Å². The Balaban J connectivity index is 1.76. The van der Waals surface area contributed by atoms with Crippen LogP contribution in [0.2, 0.25) is 0 Å². The highest BCUT2D eigenvalue weighted by atomic mass is 16.6. The van der Waals surface area contributed by atoms with Crippen LogP contribution in [0.25, 0.3) is 0 Å². The fourth-order valence-corrected chi connectivity index (χ4v) is 2.15. The van der Waals surface area contributed by atoms with Gasteiger partial charge in [-0.3, -0.25) is 15.3 Å². The Labute approximate surface area is 145 Å². The Kier molecular flexibility index (Phi) is 4.84. The summed E-state index contributed by atoms with van der Waals surface area (Å²) in [7, 11) is 0. The topological polar surface area (TPSA) is 89.0 Å². The molecule has 0 aliphatic rings. The van der Waals surface area contributed by atoms with Crippen LogP contribution in [-0.4, -0.2) is 21.0 Å². The second kappa shape index (κ2) is 7.39. The van der Waals surface area contributed by atoms with Crippen molar-refractivity contribution in [3.8, 4) is 5.88 Å². The average molecular weight is 335 g/mol. The molecule has 7 heteroatoms. The molecule has 0 spiro atoms. The van der Waals surface area contributed by atoms with Crippen molar-refractivity contribution in [2.45, 2.75) is 13.8 Å². The number of aryl methyl sites for hydroxylation is 2. The number of nitrogens with one attached hydrogen (secondary N) is 2. The number of amides is 1. The molecule has 3 rings (SSSR count). The molecule has 3 aromatic heterocycles. The molecule has 0 unspecified atom stereocenters. The molecular weight excluding hydrogens is 318 g/mol. The van der Waals surface area contributed by atoms with Crippen LogP contribution in [0.1, 0.15) is 11.4 Å². The first-order chi connectivity index (χ1) is 12.1. The fraction of sp³-hybridized carbons (Fsp3) is 0.111. The zero-order valence-electron chi connectivity index (χ0n) is 13.9. The number of carbonyl (C=O) groups excluding carboxylic acids is 1. The molecule has 7 nitrogen and oxygen atoms in total. The van der Waals surface area contributed by atoms with Crippen molar-refractivity contribution in [2.24, 2.45) is 0 Å². The molecule has 0 fully saturated rings. The Hall–Kier alpha value is -3.48. The molecule has 1 amide bonds. The molecule has 25 heavy (non-hydrogen) atoms. The first-order valence-electron chi connectivity index (χ1n) is 7.66. The van der Waals surface area contributed by atoms with Crippen molar-refractivity contribution < 1.29 is 9.53 Å². The van der Waals surface area contributed by atoms with Gasteiger partial charge in [-0.2, -0.15) is 0 Å². The molecule has 0 bridgehead atoms. The Morgan fingerprint density at radius 3 is 2.68 bits per heavy atom. The van der Waals surface area contributed by atoms with Crippen LogP contribution in [-0.2, 0) is 0 Å². The van der Waals surface area contributed by atoms with Gasteiger partial charge in [0.15, 0.2) is 0 Å². The minimum atomic E-state index is -0.627. The van der Waals surface area contributed by atoms with Crippen molar-refractivity contribution in [3.05, 3.63) is 66.4 Å². The van der Waals surface area contributed by atoms with Crippen LogP contribution in [0.3, 0.4) is 0 Å². The lowest BCUT2D eigenvalue weighted by Gasteiger charge is -2.12. The predicted molar refractivity (Wildman–Crippen MR) is 95.1 cm³/mol. The Morgan fingerprint density at radius 2 is 1.92 bits per heavy atom. The Bertz CT molecular complexity index is 884. The van der Waals surface area contributed by atoms with Gasteiger partial charge >= 0.3 is 6.09 Å². The van der Waals surface area contributed by atoms with Gasteiger partial charge in [-0.25, -0.2) is 9.78 Å². The van der Waals surface area contributed by atoms with E-state index < -0.39 is 6.09 Å². The van der Waals surface area contributed by atoms with E-state index >= 15 is 0 Å². The summed E-state index contributed by atoms with van der Waals surface area (Å²) in [5.41, 5.74) is 3.47. The molecule has 0 aliphatic carbocycles. The summed E-state index contributed by atoms with van der Waals surface area (Å²) in [4.78, 5) is 24.6. The van der Waals surface area contributed by atoms with Gasteiger partial charge in [0.2, 0.25) is 5.88 Å². The fourth-order valence-electron chi connectivity index (χ4n) is 2.15. The second-order valence-electron chi connectivity index (χ2n) is 5.37. The molecule has 0 aliphatic heterocycles. The zero-order chi connectivity index (χ0) is 17.6. The van der Waals surface area contributed by atoms with Crippen LogP contribution >= 0.6 is 0 Å². The highest BCUT2D eigenvalue weighted by molar-refractivity contribution is 5.87. The van der Waals surface area contributed by atoms with Gasteiger partial charge in [0, 0.05) is 29.5 Å². The number of rotatable bonds is 4. The molecule has 0 saturated carbocycles. The maximum absolute atomic E-state index is 12.2. The third kappa shape index (κ3) is 4.51. The van der Waals surface area contributed by atoms with Gasteiger partial charge < -0.3 is 10.1 Å². The number of ether oxygens (including phenoxy) is 1. The van der Waals surface area contributed by atoms with E-state index in [1.54, 1.807) is 36.8 Å². The first kappa shape index (κ1) is 16.4. The summed E-state index contributed by atoms with van der Waals surface area (Å²) >= 11 is 0. The van der Waals surface area contributed by atoms with E-state index in [0.717, 1.165) is 17.1 Å². The van der Waals surface area contributed by atoms with Crippen molar-refractivity contribution in [1.29, 1.82) is 0 Å². The molecule has 3 heterocycles. The number of hydrogen-bond acceptors (Lipinski definition) is 6. The minimum Gasteiger partial charge on any atom is -0.389 e. The highest BCUT2D eigenvalue weighted by Crippen LogP contribution is 2.26. The summed E-state index contributed by atoms with van der Waals surface area (Å²) in [5.74, 6) is 0.187. The van der Waals surface area contributed by atoms with Crippen LogP contribution in [0.4, 0.5) is 21.9 Å². The number of carbonyl (C=O) groups is 1. The predicted octanol–water partition coefficient (Wildman–Crippen LogP) is 3.84. The molecule has 0 saturated heterocycles. The lowest BCUT2D eigenvalue weighted by Crippen LogP contribution is -2.18. The van der Waals surface area contributed by atoms with Crippen LogP contribution in [0.15, 0.2) is 55.0 Å². The van der Waals surface area contributed by atoms with E-state index in [2.05, 4.69) is 25.6 Å². The van der Waals surface area contributed by atoms with E-state index in [1.165, 1.54) is 0 Å². The quantitative estimate of drug-likeness (QED) is 0.753. The number of hydrogen-bond donors (Lipinski definition) is 2. The summed E-state index contributed by atoms with van der Waals surface area (Å²) in [6.07, 6.45) is 4.34. The number of pyridine rings is 3.